The Morgan fingerprint density at radius 1 is 1.50 bits per heavy atom. The van der Waals surface area contributed by atoms with Crippen molar-refractivity contribution in [2.45, 2.75) is 32.7 Å². The first-order chi connectivity index (χ1) is 4.70. The summed E-state index contributed by atoms with van der Waals surface area (Å²) >= 11 is 0. The van der Waals surface area contributed by atoms with E-state index < -0.39 is 0 Å². The van der Waals surface area contributed by atoms with Crippen molar-refractivity contribution in [2.24, 2.45) is 5.92 Å². The summed E-state index contributed by atoms with van der Waals surface area (Å²) in [5.41, 5.74) is 0. The Labute approximate surface area is 64.2 Å². The van der Waals surface area contributed by atoms with E-state index in [-0.39, 0.29) is 0 Å². The highest BCUT2D eigenvalue weighted by Gasteiger charge is 2.04. The summed E-state index contributed by atoms with van der Waals surface area (Å²) in [7, 11) is 1.98. The molecule has 0 rings (SSSR count). The second kappa shape index (κ2) is 5.32. The van der Waals surface area contributed by atoms with E-state index in [1.165, 1.54) is 6.42 Å². The first-order valence-electron chi connectivity index (χ1n) is 3.81. The molecule has 1 nitrogen and oxygen atoms in total. The molecule has 0 saturated carbocycles. The Balaban J connectivity index is 3.38. The standard InChI is InChI=1S/C9H17N/c1-5-6-8(2)7-9(3)10-4/h1,8-10H,6-7H2,2-4H3. The molecule has 0 fully saturated rings. The predicted molar refractivity (Wildman–Crippen MR) is 45.8 cm³/mol. The summed E-state index contributed by atoms with van der Waals surface area (Å²) in [5, 5.41) is 3.19. The Kier molecular flexibility index (Phi) is 5.06. The van der Waals surface area contributed by atoms with Crippen LogP contribution in [0, 0.1) is 18.3 Å². The third kappa shape index (κ3) is 4.40. The minimum atomic E-state index is 0.586. The van der Waals surface area contributed by atoms with Crippen molar-refractivity contribution in [1.82, 2.24) is 5.32 Å². The maximum atomic E-state index is 5.18. The molecule has 0 aliphatic rings. The molecule has 0 saturated heterocycles. The van der Waals surface area contributed by atoms with Gasteiger partial charge in [0.15, 0.2) is 0 Å². The van der Waals surface area contributed by atoms with Gasteiger partial charge in [0.05, 0.1) is 0 Å². The molecule has 0 aromatic carbocycles. The van der Waals surface area contributed by atoms with Crippen molar-refractivity contribution in [3.63, 3.8) is 0 Å². The SMILES string of the molecule is C#CCC(C)CC(C)NC. The van der Waals surface area contributed by atoms with Gasteiger partial charge in [0.2, 0.25) is 0 Å². The minimum Gasteiger partial charge on any atom is -0.317 e. The number of hydrogen-bond acceptors (Lipinski definition) is 1. The van der Waals surface area contributed by atoms with Crippen LogP contribution in [0.15, 0.2) is 0 Å². The van der Waals surface area contributed by atoms with Crippen molar-refractivity contribution >= 4 is 0 Å². The van der Waals surface area contributed by atoms with E-state index in [0.29, 0.717) is 12.0 Å². The maximum Gasteiger partial charge on any atom is 0.0112 e. The Morgan fingerprint density at radius 2 is 2.10 bits per heavy atom. The molecule has 0 aliphatic heterocycles. The fourth-order valence-corrected chi connectivity index (χ4v) is 1.01. The molecular formula is C9H17N. The van der Waals surface area contributed by atoms with Gasteiger partial charge < -0.3 is 5.32 Å². The molecule has 10 heavy (non-hydrogen) atoms. The molecular weight excluding hydrogens is 122 g/mol. The van der Waals surface area contributed by atoms with Crippen LogP contribution in [0.25, 0.3) is 0 Å². The summed E-state index contributed by atoms with van der Waals surface area (Å²) in [6.45, 7) is 4.36. The van der Waals surface area contributed by atoms with E-state index >= 15 is 0 Å². The first-order valence-corrected chi connectivity index (χ1v) is 3.81. The van der Waals surface area contributed by atoms with Crippen LogP contribution >= 0.6 is 0 Å². The van der Waals surface area contributed by atoms with Gasteiger partial charge in [0, 0.05) is 12.5 Å². The van der Waals surface area contributed by atoms with E-state index in [1.807, 2.05) is 7.05 Å². The third-order valence-electron chi connectivity index (χ3n) is 1.72. The smallest absolute Gasteiger partial charge is 0.0112 e. The molecule has 58 valence electrons. The lowest BCUT2D eigenvalue weighted by molar-refractivity contribution is 0.449. The molecule has 0 aromatic heterocycles. The highest BCUT2D eigenvalue weighted by molar-refractivity contribution is 4.86. The summed E-state index contributed by atoms with van der Waals surface area (Å²) in [4.78, 5) is 0. The molecule has 0 bridgehead atoms. The molecule has 0 aliphatic carbocycles. The van der Waals surface area contributed by atoms with Crippen LogP contribution in [0.5, 0.6) is 0 Å². The van der Waals surface area contributed by atoms with Gasteiger partial charge >= 0.3 is 0 Å². The van der Waals surface area contributed by atoms with Gasteiger partial charge in [-0.2, -0.15) is 0 Å². The van der Waals surface area contributed by atoms with Crippen molar-refractivity contribution in [1.29, 1.82) is 0 Å². The fourth-order valence-electron chi connectivity index (χ4n) is 1.01. The van der Waals surface area contributed by atoms with Crippen LogP contribution in [-0.2, 0) is 0 Å². The lowest BCUT2D eigenvalue weighted by Crippen LogP contribution is -2.23. The summed E-state index contributed by atoms with van der Waals surface area (Å²) in [5.74, 6) is 3.31. The second-order valence-electron chi connectivity index (χ2n) is 2.94. The van der Waals surface area contributed by atoms with Gasteiger partial charge in [0.1, 0.15) is 0 Å². The van der Waals surface area contributed by atoms with Crippen LogP contribution in [0.3, 0.4) is 0 Å². The van der Waals surface area contributed by atoms with Crippen LogP contribution in [-0.4, -0.2) is 13.1 Å². The first kappa shape index (κ1) is 9.52. The molecule has 0 spiro atoms. The van der Waals surface area contributed by atoms with Crippen molar-refractivity contribution in [3.8, 4) is 12.3 Å². The Hall–Kier alpha value is -0.480. The topological polar surface area (TPSA) is 12.0 Å². The minimum absolute atomic E-state index is 0.586. The van der Waals surface area contributed by atoms with Crippen molar-refractivity contribution < 1.29 is 0 Å². The normalized spacial score (nSPS) is 15.8. The molecule has 1 N–H and O–H groups in total. The van der Waals surface area contributed by atoms with Crippen LogP contribution in [0.2, 0.25) is 0 Å². The Bertz CT molecular complexity index is 112. The molecule has 2 atom stereocenters. The summed E-state index contributed by atoms with van der Waals surface area (Å²) in [6, 6.07) is 0.586. The van der Waals surface area contributed by atoms with Gasteiger partial charge in [0.25, 0.3) is 0 Å². The van der Waals surface area contributed by atoms with Gasteiger partial charge in [-0.3, -0.25) is 0 Å². The molecule has 0 heterocycles. The maximum absolute atomic E-state index is 5.18. The zero-order chi connectivity index (χ0) is 7.98. The van der Waals surface area contributed by atoms with E-state index in [2.05, 4.69) is 25.1 Å². The molecule has 0 radical (unpaired) electrons. The van der Waals surface area contributed by atoms with E-state index in [9.17, 15) is 0 Å². The van der Waals surface area contributed by atoms with E-state index in [4.69, 9.17) is 6.42 Å². The van der Waals surface area contributed by atoms with Crippen molar-refractivity contribution in [2.75, 3.05) is 7.05 Å². The lowest BCUT2D eigenvalue weighted by Gasteiger charge is -2.13. The second-order valence-corrected chi connectivity index (χ2v) is 2.94. The average Bonchev–Trinajstić information content (AvgIpc) is 1.88. The van der Waals surface area contributed by atoms with Gasteiger partial charge in [-0.1, -0.05) is 6.92 Å². The summed E-state index contributed by atoms with van der Waals surface area (Å²) in [6.07, 6.45) is 7.24. The van der Waals surface area contributed by atoms with Crippen LogP contribution in [0.4, 0.5) is 0 Å². The zero-order valence-electron chi connectivity index (χ0n) is 7.15. The predicted octanol–water partition coefficient (Wildman–Crippen LogP) is 1.64. The zero-order valence-corrected chi connectivity index (χ0v) is 7.15. The molecule has 0 aromatic rings. The van der Waals surface area contributed by atoms with E-state index in [0.717, 1.165) is 6.42 Å². The largest absolute Gasteiger partial charge is 0.317 e. The van der Waals surface area contributed by atoms with Gasteiger partial charge in [-0.05, 0) is 26.3 Å². The van der Waals surface area contributed by atoms with Crippen molar-refractivity contribution in [3.05, 3.63) is 0 Å². The highest BCUT2D eigenvalue weighted by Crippen LogP contribution is 2.08. The Morgan fingerprint density at radius 3 is 2.50 bits per heavy atom. The highest BCUT2D eigenvalue weighted by atomic mass is 14.8. The van der Waals surface area contributed by atoms with E-state index in [1.54, 1.807) is 0 Å². The fraction of sp³-hybridized carbons (Fsp3) is 0.778. The average molecular weight is 139 g/mol. The quantitative estimate of drug-likeness (QED) is 0.584. The van der Waals surface area contributed by atoms with Gasteiger partial charge in [-0.15, -0.1) is 12.3 Å². The number of rotatable bonds is 4. The molecule has 1 heteroatoms. The summed E-state index contributed by atoms with van der Waals surface area (Å²) < 4.78 is 0. The lowest BCUT2D eigenvalue weighted by atomic mass is 10.0. The molecule has 0 amide bonds. The molecule has 2 unspecified atom stereocenters. The third-order valence-corrected chi connectivity index (χ3v) is 1.72. The van der Waals surface area contributed by atoms with Crippen LogP contribution in [0.1, 0.15) is 26.7 Å². The monoisotopic (exact) mass is 139 g/mol. The number of nitrogens with one attached hydrogen (secondary N) is 1. The van der Waals surface area contributed by atoms with Gasteiger partial charge in [-0.25, -0.2) is 0 Å². The number of terminal acetylenes is 1. The number of hydrogen-bond donors (Lipinski definition) is 1. The van der Waals surface area contributed by atoms with Crippen LogP contribution < -0.4 is 5.32 Å².